The summed E-state index contributed by atoms with van der Waals surface area (Å²) in [5.74, 6) is -0.731. The average molecular weight is 449 g/mol. The predicted octanol–water partition coefficient (Wildman–Crippen LogP) is 4.50. The van der Waals surface area contributed by atoms with Crippen LogP contribution in [0.1, 0.15) is 28.7 Å². The number of hydrogen-bond acceptors (Lipinski definition) is 7. The molecule has 1 N–H and O–H groups in total. The van der Waals surface area contributed by atoms with Gasteiger partial charge in [0.1, 0.15) is 5.82 Å². The van der Waals surface area contributed by atoms with E-state index in [1.165, 1.54) is 32.4 Å². The number of alkyl halides is 3. The third kappa shape index (κ3) is 5.19. The number of fused-ring (bicyclic) bond motifs is 1. The highest BCUT2D eigenvalue weighted by Crippen LogP contribution is 2.31. The van der Waals surface area contributed by atoms with Crippen molar-refractivity contribution in [2.24, 2.45) is 0 Å². The Morgan fingerprint density at radius 3 is 2.44 bits per heavy atom. The largest absolute Gasteiger partial charge is 0.493 e. The van der Waals surface area contributed by atoms with Gasteiger partial charge >= 0.3 is 12.1 Å². The number of carbonyl (C=O) groups is 1. The second-order valence-electron chi connectivity index (χ2n) is 6.71. The molecule has 1 aromatic heterocycles. The molecule has 32 heavy (non-hydrogen) atoms. The molecule has 0 saturated heterocycles. The first-order chi connectivity index (χ1) is 15.3. The Balaban J connectivity index is 1.90. The van der Waals surface area contributed by atoms with Crippen LogP contribution < -0.4 is 14.8 Å². The van der Waals surface area contributed by atoms with Gasteiger partial charge in [0.15, 0.2) is 11.5 Å². The molecule has 10 heteroatoms. The summed E-state index contributed by atoms with van der Waals surface area (Å²) in [6, 6.07) is 9.52. The number of rotatable bonds is 8. The molecular formula is C22H22F3N3O4. The predicted molar refractivity (Wildman–Crippen MR) is 112 cm³/mol. The van der Waals surface area contributed by atoms with Crippen molar-refractivity contribution in [2.45, 2.75) is 19.5 Å². The molecule has 0 aliphatic heterocycles. The van der Waals surface area contributed by atoms with Gasteiger partial charge in [-0.15, -0.1) is 0 Å². The van der Waals surface area contributed by atoms with Gasteiger partial charge in [0.05, 0.1) is 31.9 Å². The maximum absolute atomic E-state index is 13.3. The number of methoxy groups -OCH3 is 2. The quantitative estimate of drug-likeness (QED) is 0.507. The molecular weight excluding hydrogens is 427 g/mol. The maximum Gasteiger partial charge on any atom is 0.451 e. The van der Waals surface area contributed by atoms with Gasteiger partial charge in [-0.05, 0) is 49.2 Å². The van der Waals surface area contributed by atoms with Gasteiger partial charge in [0.25, 0.3) is 0 Å². The van der Waals surface area contributed by atoms with E-state index in [1.807, 2.05) is 6.07 Å². The van der Waals surface area contributed by atoms with Crippen LogP contribution in [0.4, 0.5) is 19.0 Å². The van der Waals surface area contributed by atoms with Crippen molar-refractivity contribution < 1.29 is 32.2 Å². The highest BCUT2D eigenvalue weighted by atomic mass is 19.4. The minimum absolute atomic E-state index is 0.0195. The third-order valence-corrected chi connectivity index (χ3v) is 4.61. The number of nitrogens with zero attached hydrogens (tertiary/aromatic N) is 2. The van der Waals surface area contributed by atoms with Crippen molar-refractivity contribution in [3.05, 3.63) is 53.3 Å². The lowest BCUT2D eigenvalue weighted by atomic mass is 10.1. The van der Waals surface area contributed by atoms with Crippen molar-refractivity contribution in [3.63, 3.8) is 0 Å². The number of nitrogens with one attached hydrogen (secondary N) is 1. The summed E-state index contributed by atoms with van der Waals surface area (Å²) in [6.07, 6.45) is -4.24. The Morgan fingerprint density at radius 2 is 1.78 bits per heavy atom. The summed E-state index contributed by atoms with van der Waals surface area (Å²) in [7, 11) is 3.05. The molecule has 0 bridgehead atoms. The van der Waals surface area contributed by atoms with Gasteiger partial charge < -0.3 is 19.5 Å². The summed E-state index contributed by atoms with van der Waals surface area (Å²) in [5, 5.41) is 3.23. The normalized spacial score (nSPS) is 11.3. The summed E-state index contributed by atoms with van der Waals surface area (Å²) >= 11 is 0. The number of aromatic nitrogens is 2. The number of hydrogen-bond donors (Lipinski definition) is 1. The number of carbonyl (C=O) groups excluding carboxylic acids is 1. The highest BCUT2D eigenvalue weighted by molar-refractivity contribution is 5.98. The van der Waals surface area contributed by atoms with E-state index in [-0.39, 0.29) is 35.4 Å². The van der Waals surface area contributed by atoms with Crippen LogP contribution in [0.25, 0.3) is 10.9 Å². The molecule has 0 atom stereocenters. The lowest BCUT2D eigenvalue weighted by Crippen LogP contribution is -2.15. The minimum Gasteiger partial charge on any atom is -0.493 e. The molecule has 0 unspecified atom stereocenters. The van der Waals surface area contributed by atoms with E-state index in [2.05, 4.69) is 15.3 Å². The third-order valence-electron chi connectivity index (χ3n) is 4.61. The standard InChI is InChI=1S/C22H22F3N3O4/c1-4-32-20(29)14-6-7-16-15(12-14)19(28-21(27-16)22(23,24)25)26-10-9-13-5-8-17(30-2)18(11-13)31-3/h5-8,11-12H,4,9-10H2,1-3H3,(H,26,27,28). The van der Waals surface area contributed by atoms with Crippen molar-refractivity contribution in [1.29, 1.82) is 0 Å². The van der Waals surface area contributed by atoms with E-state index in [1.54, 1.807) is 19.1 Å². The summed E-state index contributed by atoms with van der Waals surface area (Å²) in [4.78, 5) is 19.3. The van der Waals surface area contributed by atoms with Crippen molar-refractivity contribution in [2.75, 3.05) is 32.7 Å². The van der Waals surface area contributed by atoms with Crippen LogP contribution in [-0.2, 0) is 17.3 Å². The van der Waals surface area contributed by atoms with Crippen LogP contribution in [0.5, 0.6) is 11.5 Å². The van der Waals surface area contributed by atoms with Crippen LogP contribution in [0, 0.1) is 0 Å². The molecule has 0 radical (unpaired) electrons. The van der Waals surface area contributed by atoms with Gasteiger partial charge in [-0.2, -0.15) is 13.2 Å². The molecule has 3 rings (SSSR count). The number of halogens is 3. The monoisotopic (exact) mass is 449 g/mol. The van der Waals surface area contributed by atoms with E-state index in [9.17, 15) is 18.0 Å². The average Bonchev–Trinajstić information content (AvgIpc) is 2.78. The van der Waals surface area contributed by atoms with E-state index < -0.39 is 18.0 Å². The summed E-state index contributed by atoms with van der Waals surface area (Å²) < 4.78 is 55.3. The number of benzene rings is 2. The number of ether oxygens (including phenoxy) is 3. The van der Waals surface area contributed by atoms with E-state index in [0.717, 1.165) is 5.56 Å². The molecule has 3 aromatic rings. The zero-order valence-electron chi connectivity index (χ0n) is 17.7. The first-order valence-corrected chi connectivity index (χ1v) is 9.77. The Labute approximate surface area is 182 Å². The molecule has 0 aliphatic rings. The highest BCUT2D eigenvalue weighted by Gasteiger charge is 2.35. The lowest BCUT2D eigenvalue weighted by molar-refractivity contribution is -0.144. The smallest absolute Gasteiger partial charge is 0.451 e. The molecule has 7 nitrogen and oxygen atoms in total. The fourth-order valence-corrected chi connectivity index (χ4v) is 3.09. The van der Waals surface area contributed by atoms with Crippen LogP contribution in [0.15, 0.2) is 36.4 Å². The number of esters is 1. The first kappa shape index (κ1) is 23.1. The Hall–Kier alpha value is -3.56. The number of anilines is 1. The van der Waals surface area contributed by atoms with E-state index in [4.69, 9.17) is 14.2 Å². The van der Waals surface area contributed by atoms with Gasteiger partial charge in [-0.1, -0.05) is 6.07 Å². The molecule has 0 aliphatic carbocycles. The molecule has 1 heterocycles. The topological polar surface area (TPSA) is 82.6 Å². The maximum atomic E-state index is 13.3. The zero-order chi connectivity index (χ0) is 23.3. The van der Waals surface area contributed by atoms with Gasteiger partial charge in [-0.25, -0.2) is 14.8 Å². The Morgan fingerprint density at radius 1 is 1.03 bits per heavy atom. The van der Waals surface area contributed by atoms with Gasteiger partial charge in [0, 0.05) is 11.9 Å². The fraction of sp³-hybridized carbons (Fsp3) is 0.318. The molecule has 0 fully saturated rings. The zero-order valence-corrected chi connectivity index (χ0v) is 17.7. The Kier molecular flexibility index (Phi) is 7.01. The summed E-state index contributed by atoms with van der Waals surface area (Å²) in [5.41, 5.74) is 1.15. The SMILES string of the molecule is CCOC(=O)c1ccc2nc(C(F)(F)F)nc(NCCc3ccc(OC)c(OC)c3)c2c1. The fourth-order valence-electron chi connectivity index (χ4n) is 3.09. The van der Waals surface area contributed by atoms with Crippen LogP contribution in [-0.4, -0.2) is 43.3 Å². The van der Waals surface area contributed by atoms with Crippen LogP contribution in [0.2, 0.25) is 0 Å². The van der Waals surface area contributed by atoms with Gasteiger partial charge in [-0.3, -0.25) is 0 Å². The molecule has 0 saturated carbocycles. The van der Waals surface area contributed by atoms with Crippen molar-refractivity contribution in [1.82, 2.24) is 9.97 Å². The molecule has 0 spiro atoms. The van der Waals surface area contributed by atoms with Crippen molar-refractivity contribution in [3.8, 4) is 11.5 Å². The Bertz CT molecular complexity index is 1120. The molecule has 0 amide bonds. The molecule has 2 aromatic carbocycles. The second-order valence-corrected chi connectivity index (χ2v) is 6.71. The van der Waals surface area contributed by atoms with Gasteiger partial charge in [0.2, 0.25) is 5.82 Å². The summed E-state index contributed by atoms with van der Waals surface area (Å²) in [6.45, 7) is 2.12. The molecule has 170 valence electrons. The minimum atomic E-state index is -4.71. The van der Waals surface area contributed by atoms with E-state index in [0.29, 0.717) is 17.9 Å². The van der Waals surface area contributed by atoms with Crippen molar-refractivity contribution >= 4 is 22.7 Å². The first-order valence-electron chi connectivity index (χ1n) is 9.77. The lowest BCUT2D eigenvalue weighted by Gasteiger charge is -2.14. The van der Waals surface area contributed by atoms with Crippen LogP contribution >= 0.6 is 0 Å². The van der Waals surface area contributed by atoms with E-state index >= 15 is 0 Å². The second kappa shape index (κ2) is 9.71. The van der Waals surface area contributed by atoms with Crippen LogP contribution in [0.3, 0.4) is 0 Å².